The van der Waals surface area contributed by atoms with Crippen LogP contribution in [0.4, 0.5) is 4.39 Å². The van der Waals surface area contributed by atoms with Gasteiger partial charge in [0.1, 0.15) is 17.5 Å². The highest BCUT2D eigenvalue weighted by Gasteiger charge is 2.21. The Morgan fingerprint density at radius 3 is 2.75 bits per heavy atom. The molecule has 7 heteroatoms. The van der Waals surface area contributed by atoms with Crippen LogP contribution in [0.1, 0.15) is 43.0 Å². The Kier molecular flexibility index (Phi) is 6.06. The first-order chi connectivity index (χ1) is 11.5. The molecule has 1 amide bonds. The number of carboxylic acid groups (broad SMARTS) is 1. The van der Waals surface area contributed by atoms with Crippen molar-refractivity contribution >= 4 is 11.9 Å². The smallest absolute Gasteiger partial charge is 0.326 e. The average molecular weight is 333 g/mol. The molecule has 1 heterocycles. The fourth-order valence-electron chi connectivity index (χ4n) is 2.31. The van der Waals surface area contributed by atoms with Gasteiger partial charge in [-0.3, -0.25) is 4.79 Å². The van der Waals surface area contributed by atoms with E-state index in [1.807, 2.05) is 6.92 Å². The van der Waals surface area contributed by atoms with Crippen LogP contribution < -0.4 is 5.32 Å². The first kappa shape index (κ1) is 17.7. The SMILES string of the molecule is CCCCC[C@H](NC(=O)c1cnn(-c2ccccc2F)c1)C(=O)O. The van der Waals surface area contributed by atoms with E-state index in [0.717, 1.165) is 19.3 Å². The van der Waals surface area contributed by atoms with E-state index in [1.165, 1.54) is 29.2 Å². The Morgan fingerprint density at radius 1 is 1.33 bits per heavy atom. The maximum Gasteiger partial charge on any atom is 0.326 e. The third-order valence-electron chi connectivity index (χ3n) is 3.64. The van der Waals surface area contributed by atoms with E-state index in [2.05, 4.69) is 10.4 Å². The predicted octanol–water partition coefficient (Wildman–Crippen LogP) is 2.77. The summed E-state index contributed by atoms with van der Waals surface area (Å²) in [5, 5.41) is 15.7. The van der Waals surface area contributed by atoms with Crippen molar-refractivity contribution in [3.63, 3.8) is 0 Å². The number of carboxylic acids is 1. The summed E-state index contributed by atoms with van der Waals surface area (Å²) >= 11 is 0. The zero-order chi connectivity index (χ0) is 17.5. The fourth-order valence-corrected chi connectivity index (χ4v) is 2.31. The second-order valence-electron chi connectivity index (χ2n) is 5.49. The Hall–Kier alpha value is -2.70. The fraction of sp³-hybridized carbons (Fsp3) is 0.353. The topological polar surface area (TPSA) is 84.2 Å². The van der Waals surface area contributed by atoms with E-state index in [1.54, 1.807) is 12.1 Å². The van der Waals surface area contributed by atoms with Crippen molar-refractivity contribution in [1.29, 1.82) is 0 Å². The average Bonchev–Trinajstić information content (AvgIpc) is 3.04. The van der Waals surface area contributed by atoms with E-state index < -0.39 is 23.7 Å². The molecular weight excluding hydrogens is 313 g/mol. The lowest BCUT2D eigenvalue weighted by atomic mass is 10.1. The van der Waals surface area contributed by atoms with E-state index in [0.29, 0.717) is 6.42 Å². The summed E-state index contributed by atoms with van der Waals surface area (Å²) in [6.07, 6.45) is 5.63. The summed E-state index contributed by atoms with van der Waals surface area (Å²) < 4.78 is 15.0. The number of unbranched alkanes of at least 4 members (excludes halogenated alkanes) is 2. The number of amides is 1. The minimum atomic E-state index is -1.07. The molecule has 0 aliphatic rings. The molecule has 0 saturated heterocycles. The van der Waals surface area contributed by atoms with E-state index in [9.17, 15) is 19.1 Å². The van der Waals surface area contributed by atoms with Crippen LogP contribution in [0, 0.1) is 5.82 Å². The largest absolute Gasteiger partial charge is 0.480 e. The number of hydrogen-bond acceptors (Lipinski definition) is 3. The molecule has 0 bridgehead atoms. The van der Waals surface area contributed by atoms with Crippen LogP contribution >= 0.6 is 0 Å². The Morgan fingerprint density at radius 2 is 2.08 bits per heavy atom. The minimum absolute atomic E-state index is 0.181. The van der Waals surface area contributed by atoms with Crippen molar-refractivity contribution in [1.82, 2.24) is 15.1 Å². The molecule has 1 aromatic carbocycles. The van der Waals surface area contributed by atoms with Crippen molar-refractivity contribution < 1.29 is 19.1 Å². The number of nitrogens with one attached hydrogen (secondary N) is 1. The van der Waals surface area contributed by atoms with Crippen LogP contribution in [0.5, 0.6) is 0 Å². The quantitative estimate of drug-likeness (QED) is 0.728. The molecule has 0 radical (unpaired) electrons. The highest BCUT2D eigenvalue weighted by Crippen LogP contribution is 2.13. The van der Waals surface area contributed by atoms with Crippen molar-refractivity contribution in [2.45, 2.75) is 38.6 Å². The van der Waals surface area contributed by atoms with Crippen LogP contribution in [-0.2, 0) is 4.79 Å². The van der Waals surface area contributed by atoms with E-state index in [-0.39, 0.29) is 11.3 Å². The molecule has 2 rings (SSSR count). The molecule has 2 N–H and O–H groups in total. The molecular formula is C17H20FN3O3. The molecule has 128 valence electrons. The van der Waals surface area contributed by atoms with Gasteiger partial charge in [-0.1, -0.05) is 38.3 Å². The van der Waals surface area contributed by atoms with Crippen molar-refractivity contribution in [3.8, 4) is 5.69 Å². The molecule has 0 saturated carbocycles. The van der Waals surface area contributed by atoms with Gasteiger partial charge in [-0.05, 0) is 18.6 Å². The number of halogens is 1. The lowest BCUT2D eigenvalue weighted by molar-refractivity contribution is -0.139. The molecule has 2 aromatic rings. The molecule has 0 aliphatic heterocycles. The highest BCUT2D eigenvalue weighted by molar-refractivity contribution is 5.96. The van der Waals surface area contributed by atoms with Crippen LogP contribution in [-0.4, -0.2) is 32.8 Å². The van der Waals surface area contributed by atoms with Crippen molar-refractivity contribution in [2.24, 2.45) is 0 Å². The van der Waals surface area contributed by atoms with Gasteiger partial charge in [0.25, 0.3) is 5.91 Å². The number of hydrogen-bond donors (Lipinski definition) is 2. The molecule has 24 heavy (non-hydrogen) atoms. The van der Waals surface area contributed by atoms with Gasteiger partial charge in [0.15, 0.2) is 0 Å². The van der Waals surface area contributed by atoms with Gasteiger partial charge in [-0.2, -0.15) is 5.10 Å². The normalized spacial score (nSPS) is 11.9. The van der Waals surface area contributed by atoms with E-state index >= 15 is 0 Å². The predicted molar refractivity (Wildman–Crippen MR) is 86.6 cm³/mol. The maximum absolute atomic E-state index is 13.7. The van der Waals surface area contributed by atoms with Gasteiger partial charge < -0.3 is 10.4 Å². The van der Waals surface area contributed by atoms with E-state index in [4.69, 9.17) is 0 Å². The Bertz CT molecular complexity index is 715. The summed E-state index contributed by atoms with van der Waals surface area (Å²) in [5.41, 5.74) is 0.397. The molecule has 1 atom stereocenters. The van der Waals surface area contributed by atoms with Gasteiger partial charge in [-0.15, -0.1) is 0 Å². The van der Waals surface area contributed by atoms with Gasteiger partial charge >= 0.3 is 5.97 Å². The number of aromatic nitrogens is 2. The summed E-state index contributed by atoms with van der Waals surface area (Å²) in [5.74, 6) is -2.07. The van der Waals surface area contributed by atoms with Crippen LogP contribution in [0.3, 0.4) is 0 Å². The number of para-hydroxylation sites is 1. The molecule has 0 unspecified atom stereocenters. The monoisotopic (exact) mass is 333 g/mol. The zero-order valence-electron chi connectivity index (χ0n) is 13.4. The van der Waals surface area contributed by atoms with Gasteiger partial charge in [-0.25, -0.2) is 13.9 Å². The molecule has 0 spiro atoms. The second kappa shape index (κ2) is 8.24. The third kappa shape index (κ3) is 4.41. The van der Waals surface area contributed by atoms with Gasteiger partial charge in [0, 0.05) is 6.20 Å². The van der Waals surface area contributed by atoms with Crippen LogP contribution in [0.15, 0.2) is 36.7 Å². The highest BCUT2D eigenvalue weighted by atomic mass is 19.1. The van der Waals surface area contributed by atoms with Crippen molar-refractivity contribution in [3.05, 3.63) is 48.0 Å². The third-order valence-corrected chi connectivity index (χ3v) is 3.64. The number of nitrogens with zero attached hydrogens (tertiary/aromatic N) is 2. The number of carbonyl (C=O) groups is 2. The van der Waals surface area contributed by atoms with Gasteiger partial charge in [0.05, 0.1) is 11.8 Å². The number of aliphatic carboxylic acids is 1. The molecule has 1 aromatic heterocycles. The molecule has 6 nitrogen and oxygen atoms in total. The number of carbonyl (C=O) groups excluding carboxylic acids is 1. The van der Waals surface area contributed by atoms with Crippen molar-refractivity contribution in [2.75, 3.05) is 0 Å². The molecule has 0 fully saturated rings. The summed E-state index contributed by atoms with van der Waals surface area (Å²) in [4.78, 5) is 23.4. The number of rotatable bonds is 8. The molecule has 0 aliphatic carbocycles. The Balaban J connectivity index is 2.07. The summed E-state index contributed by atoms with van der Waals surface area (Å²) in [7, 11) is 0. The lowest BCUT2D eigenvalue weighted by Crippen LogP contribution is -2.40. The minimum Gasteiger partial charge on any atom is -0.480 e. The standard InChI is InChI=1S/C17H20FN3O3/c1-2-3-4-8-14(17(23)24)20-16(22)12-10-19-21(11-12)15-9-6-5-7-13(15)18/h5-7,9-11,14H,2-4,8H2,1H3,(H,20,22)(H,23,24)/t14-/m0/s1. The first-order valence-corrected chi connectivity index (χ1v) is 7.86. The zero-order valence-corrected chi connectivity index (χ0v) is 13.4. The second-order valence-corrected chi connectivity index (χ2v) is 5.49. The lowest BCUT2D eigenvalue weighted by Gasteiger charge is -2.13. The maximum atomic E-state index is 13.7. The van der Waals surface area contributed by atoms with Crippen LogP contribution in [0.2, 0.25) is 0 Å². The summed E-state index contributed by atoms with van der Waals surface area (Å²) in [6, 6.07) is 5.11. The number of benzene rings is 1. The Labute approximate surface area is 139 Å². The summed E-state index contributed by atoms with van der Waals surface area (Å²) in [6.45, 7) is 2.02. The van der Waals surface area contributed by atoms with Gasteiger partial charge in [0.2, 0.25) is 0 Å². The van der Waals surface area contributed by atoms with Crippen LogP contribution in [0.25, 0.3) is 5.69 Å². The first-order valence-electron chi connectivity index (χ1n) is 7.86.